The Balaban J connectivity index is 1.49. The Kier molecular flexibility index (Phi) is 5.13. The third-order valence-electron chi connectivity index (χ3n) is 5.55. The molecule has 1 atom stereocenters. The zero-order chi connectivity index (χ0) is 19.7. The third-order valence-corrected chi connectivity index (χ3v) is 5.86. The standard InChI is InChI=1S/C22H24N4OS/c1-15-6-5-8-17(14-15)21-23-24-22(28)26(21)13-12-20(27)25(2)19-11-10-16-7-3-4-9-18(16)19/h3-9,14,19H,10-13H2,1-2H3,(H,24,28)/t19-/m1/s1. The van der Waals surface area contributed by atoms with E-state index in [0.717, 1.165) is 29.8 Å². The van der Waals surface area contributed by atoms with E-state index in [4.69, 9.17) is 12.2 Å². The normalized spacial score (nSPS) is 15.4. The van der Waals surface area contributed by atoms with Crippen molar-refractivity contribution in [2.45, 2.75) is 38.8 Å². The molecule has 5 nitrogen and oxygen atoms in total. The highest BCUT2D eigenvalue weighted by Gasteiger charge is 2.28. The first-order valence-electron chi connectivity index (χ1n) is 9.60. The van der Waals surface area contributed by atoms with Crippen LogP contribution in [0.15, 0.2) is 48.5 Å². The maximum atomic E-state index is 12.9. The number of amides is 1. The van der Waals surface area contributed by atoms with Crippen LogP contribution in [0, 0.1) is 11.7 Å². The van der Waals surface area contributed by atoms with Crippen molar-refractivity contribution in [2.75, 3.05) is 7.05 Å². The fourth-order valence-electron chi connectivity index (χ4n) is 4.02. The predicted octanol–water partition coefficient (Wildman–Crippen LogP) is 4.45. The number of nitrogens with zero attached hydrogens (tertiary/aromatic N) is 3. The van der Waals surface area contributed by atoms with Crippen molar-refractivity contribution in [2.24, 2.45) is 0 Å². The molecule has 2 aromatic carbocycles. The SMILES string of the molecule is Cc1cccc(-c2n[nH]c(=S)n2CCC(=O)N(C)[C@@H]2CCc3ccccc32)c1. The van der Waals surface area contributed by atoms with Crippen LogP contribution in [0.4, 0.5) is 0 Å². The Hall–Kier alpha value is -2.73. The molecule has 3 aromatic rings. The zero-order valence-corrected chi connectivity index (χ0v) is 17.0. The molecule has 1 N–H and O–H groups in total. The highest BCUT2D eigenvalue weighted by atomic mass is 32.1. The molecule has 0 unspecified atom stereocenters. The van der Waals surface area contributed by atoms with Crippen LogP contribution in [0.1, 0.15) is 35.6 Å². The van der Waals surface area contributed by atoms with E-state index in [2.05, 4.69) is 34.5 Å². The van der Waals surface area contributed by atoms with E-state index >= 15 is 0 Å². The molecule has 0 spiro atoms. The van der Waals surface area contributed by atoms with E-state index in [1.165, 1.54) is 11.1 Å². The summed E-state index contributed by atoms with van der Waals surface area (Å²) in [5, 5.41) is 7.25. The Bertz CT molecular complexity index is 1070. The van der Waals surface area contributed by atoms with E-state index in [0.29, 0.717) is 17.7 Å². The first-order valence-corrected chi connectivity index (χ1v) is 10.0. The monoisotopic (exact) mass is 392 g/mol. The van der Waals surface area contributed by atoms with Crippen molar-refractivity contribution in [3.8, 4) is 11.4 Å². The van der Waals surface area contributed by atoms with Crippen LogP contribution in [-0.4, -0.2) is 32.6 Å². The minimum Gasteiger partial charge on any atom is -0.339 e. The summed E-state index contributed by atoms with van der Waals surface area (Å²) in [5.74, 6) is 0.898. The van der Waals surface area contributed by atoms with Gasteiger partial charge in [0, 0.05) is 25.6 Å². The van der Waals surface area contributed by atoms with Gasteiger partial charge in [-0.05, 0) is 49.2 Å². The number of H-pyrrole nitrogens is 1. The summed E-state index contributed by atoms with van der Waals surface area (Å²) in [4.78, 5) is 14.8. The van der Waals surface area contributed by atoms with Crippen molar-refractivity contribution >= 4 is 18.1 Å². The van der Waals surface area contributed by atoms with Crippen LogP contribution in [0.25, 0.3) is 11.4 Å². The lowest BCUT2D eigenvalue weighted by Gasteiger charge is -2.25. The summed E-state index contributed by atoms with van der Waals surface area (Å²) < 4.78 is 2.46. The van der Waals surface area contributed by atoms with Gasteiger partial charge >= 0.3 is 0 Å². The van der Waals surface area contributed by atoms with Gasteiger partial charge in [-0.25, -0.2) is 0 Å². The Labute approximate surface area is 170 Å². The summed E-state index contributed by atoms with van der Waals surface area (Å²) in [6, 6.07) is 16.7. The Morgan fingerprint density at radius 1 is 1.29 bits per heavy atom. The number of fused-ring (bicyclic) bond motifs is 1. The van der Waals surface area contributed by atoms with Crippen LogP contribution in [-0.2, 0) is 17.8 Å². The summed E-state index contributed by atoms with van der Waals surface area (Å²) in [5.41, 5.74) is 4.79. The van der Waals surface area contributed by atoms with Gasteiger partial charge in [0.2, 0.25) is 5.91 Å². The molecule has 1 aromatic heterocycles. The molecule has 144 valence electrons. The molecule has 1 heterocycles. The zero-order valence-electron chi connectivity index (χ0n) is 16.2. The minimum absolute atomic E-state index is 0.125. The number of benzene rings is 2. The largest absolute Gasteiger partial charge is 0.339 e. The first kappa shape index (κ1) is 18.6. The molecule has 0 fully saturated rings. The Morgan fingerprint density at radius 2 is 2.11 bits per heavy atom. The predicted molar refractivity (Wildman–Crippen MR) is 112 cm³/mol. The fourth-order valence-corrected chi connectivity index (χ4v) is 4.25. The molecule has 0 saturated carbocycles. The number of nitrogens with one attached hydrogen (secondary N) is 1. The van der Waals surface area contributed by atoms with Gasteiger partial charge in [0.25, 0.3) is 0 Å². The highest BCUT2D eigenvalue weighted by molar-refractivity contribution is 7.71. The lowest BCUT2D eigenvalue weighted by Crippen LogP contribution is -2.30. The number of rotatable bonds is 5. The van der Waals surface area contributed by atoms with Crippen LogP contribution in [0.3, 0.4) is 0 Å². The molecule has 1 aliphatic rings. The number of aryl methyl sites for hydroxylation is 2. The molecule has 0 aliphatic heterocycles. The topological polar surface area (TPSA) is 53.9 Å². The molecule has 1 aliphatic carbocycles. The van der Waals surface area contributed by atoms with Gasteiger partial charge in [-0.1, -0.05) is 48.0 Å². The van der Waals surface area contributed by atoms with E-state index in [1.54, 1.807) is 0 Å². The van der Waals surface area contributed by atoms with Gasteiger partial charge in [-0.3, -0.25) is 14.5 Å². The molecule has 4 rings (SSSR count). The molecular formula is C22H24N4OS. The van der Waals surface area contributed by atoms with Gasteiger partial charge in [0.15, 0.2) is 10.6 Å². The summed E-state index contributed by atoms with van der Waals surface area (Å²) in [6.07, 6.45) is 2.41. The molecule has 0 bridgehead atoms. The third kappa shape index (κ3) is 3.52. The number of carbonyl (C=O) groups is 1. The molecule has 6 heteroatoms. The maximum absolute atomic E-state index is 12.9. The second-order valence-corrected chi connectivity index (χ2v) is 7.77. The van der Waals surface area contributed by atoms with Gasteiger partial charge < -0.3 is 4.90 Å². The fraction of sp³-hybridized carbons (Fsp3) is 0.318. The van der Waals surface area contributed by atoms with Crippen LogP contribution >= 0.6 is 12.2 Å². The summed E-state index contributed by atoms with van der Waals surface area (Å²) >= 11 is 5.40. The molecule has 0 radical (unpaired) electrons. The van der Waals surface area contributed by atoms with Crippen molar-refractivity contribution in [1.29, 1.82) is 0 Å². The lowest BCUT2D eigenvalue weighted by atomic mass is 10.1. The van der Waals surface area contributed by atoms with Crippen molar-refractivity contribution in [3.63, 3.8) is 0 Å². The highest BCUT2D eigenvalue weighted by Crippen LogP contribution is 2.35. The average Bonchev–Trinajstić information content (AvgIpc) is 3.29. The van der Waals surface area contributed by atoms with E-state index in [1.807, 2.05) is 47.7 Å². The van der Waals surface area contributed by atoms with Crippen molar-refractivity contribution in [3.05, 3.63) is 70.0 Å². The summed E-state index contributed by atoms with van der Waals surface area (Å²) in [6.45, 7) is 2.56. The molecule has 28 heavy (non-hydrogen) atoms. The first-order chi connectivity index (χ1) is 13.5. The Morgan fingerprint density at radius 3 is 2.93 bits per heavy atom. The van der Waals surface area contributed by atoms with Crippen molar-refractivity contribution < 1.29 is 4.79 Å². The second kappa shape index (κ2) is 7.72. The van der Waals surface area contributed by atoms with Gasteiger partial charge in [-0.2, -0.15) is 5.10 Å². The van der Waals surface area contributed by atoms with Gasteiger partial charge in [0.05, 0.1) is 6.04 Å². The quantitative estimate of drug-likeness (QED) is 0.653. The average molecular weight is 393 g/mol. The van der Waals surface area contributed by atoms with Crippen LogP contribution in [0.2, 0.25) is 0 Å². The summed E-state index contributed by atoms with van der Waals surface area (Å²) in [7, 11) is 1.91. The lowest BCUT2D eigenvalue weighted by molar-refractivity contribution is -0.132. The minimum atomic E-state index is 0.125. The van der Waals surface area contributed by atoms with Crippen LogP contribution in [0.5, 0.6) is 0 Å². The maximum Gasteiger partial charge on any atom is 0.224 e. The van der Waals surface area contributed by atoms with E-state index < -0.39 is 0 Å². The molecule has 0 saturated heterocycles. The number of aromatic nitrogens is 3. The molecular weight excluding hydrogens is 368 g/mol. The van der Waals surface area contributed by atoms with E-state index in [9.17, 15) is 4.79 Å². The van der Waals surface area contributed by atoms with Gasteiger partial charge in [-0.15, -0.1) is 0 Å². The van der Waals surface area contributed by atoms with Crippen molar-refractivity contribution in [1.82, 2.24) is 19.7 Å². The van der Waals surface area contributed by atoms with E-state index in [-0.39, 0.29) is 11.9 Å². The second-order valence-electron chi connectivity index (χ2n) is 7.38. The van der Waals surface area contributed by atoms with Gasteiger partial charge in [0.1, 0.15) is 0 Å². The number of hydrogen-bond acceptors (Lipinski definition) is 3. The van der Waals surface area contributed by atoms with Crippen LogP contribution < -0.4 is 0 Å². The smallest absolute Gasteiger partial charge is 0.224 e. The number of aromatic amines is 1. The molecule has 1 amide bonds. The number of hydrogen-bond donors (Lipinski definition) is 1. The number of carbonyl (C=O) groups excluding carboxylic acids is 1.